The molecule has 3 aromatic carbocycles. The molecule has 0 fully saturated rings. The molecular weight excluding hydrogens is 439 g/mol. The SMILES string of the molecule is CNCc1cc(C(F)(F)F)ccc1CSC1CCCc2c1ccc1c2CCc2ccccc2-1. The van der Waals surface area contributed by atoms with Crippen molar-refractivity contribution in [1.29, 1.82) is 0 Å². The molecule has 0 aromatic heterocycles. The minimum Gasteiger partial charge on any atom is -0.316 e. The first-order valence-corrected chi connectivity index (χ1v) is 12.7. The number of nitrogens with one attached hydrogen (secondary N) is 1. The van der Waals surface area contributed by atoms with E-state index in [9.17, 15) is 13.2 Å². The number of hydrogen-bond donors (Lipinski definition) is 1. The fourth-order valence-electron chi connectivity index (χ4n) is 5.39. The maximum Gasteiger partial charge on any atom is 0.416 e. The van der Waals surface area contributed by atoms with Gasteiger partial charge < -0.3 is 5.32 Å². The van der Waals surface area contributed by atoms with Crippen molar-refractivity contribution >= 4 is 11.8 Å². The van der Waals surface area contributed by atoms with Crippen LogP contribution < -0.4 is 5.32 Å². The van der Waals surface area contributed by atoms with E-state index in [0.717, 1.165) is 42.6 Å². The van der Waals surface area contributed by atoms with Crippen molar-refractivity contribution in [3.8, 4) is 11.1 Å². The largest absolute Gasteiger partial charge is 0.416 e. The van der Waals surface area contributed by atoms with E-state index in [2.05, 4.69) is 41.7 Å². The summed E-state index contributed by atoms with van der Waals surface area (Å²) in [6, 6.07) is 17.5. The molecule has 1 atom stereocenters. The van der Waals surface area contributed by atoms with E-state index >= 15 is 0 Å². The molecule has 0 heterocycles. The first kappa shape index (κ1) is 22.5. The predicted octanol–water partition coefficient (Wildman–Crippen LogP) is 7.50. The molecule has 1 nitrogen and oxygen atoms in total. The van der Waals surface area contributed by atoms with E-state index in [1.54, 1.807) is 13.1 Å². The summed E-state index contributed by atoms with van der Waals surface area (Å²) in [5.74, 6) is 0.721. The average molecular weight is 468 g/mol. The van der Waals surface area contributed by atoms with E-state index in [4.69, 9.17) is 0 Å². The third-order valence-electron chi connectivity index (χ3n) is 7.00. The number of halogens is 3. The van der Waals surface area contributed by atoms with Gasteiger partial charge in [0.1, 0.15) is 0 Å². The van der Waals surface area contributed by atoms with Crippen LogP contribution in [0.5, 0.6) is 0 Å². The Hall–Kier alpha value is -2.24. The number of hydrogen-bond acceptors (Lipinski definition) is 2. The van der Waals surface area contributed by atoms with Gasteiger partial charge in [-0.2, -0.15) is 13.2 Å². The van der Waals surface area contributed by atoms with Crippen molar-refractivity contribution in [3.05, 3.63) is 93.5 Å². The quantitative estimate of drug-likeness (QED) is 0.417. The highest BCUT2D eigenvalue weighted by Gasteiger charge is 2.31. The van der Waals surface area contributed by atoms with Crippen molar-refractivity contribution in [2.75, 3.05) is 7.05 Å². The zero-order valence-electron chi connectivity index (χ0n) is 18.8. The van der Waals surface area contributed by atoms with Gasteiger partial charge >= 0.3 is 6.18 Å². The summed E-state index contributed by atoms with van der Waals surface area (Å²) in [6.45, 7) is 0.438. The molecule has 0 bridgehead atoms. The number of thioether (sulfide) groups is 1. The Labute approximate surface area is 197 Å². The van der Waals surface area contributed by atoms with Crippen LogP contribution in [0, 0.1) is 0 Å². The molecule has 0 radical (unpaired) electrons. The molecule has 5 heteroatoms. The van der Waals surface area contributed by atoms with Gasteiger partial charge in [0.25, 0.3) is 0 Å². The summed E-state index contributed by atoms with van der Waals surface area (Å²) in [4.78, 5) is 0. The minimum atomic E-state index is -4.31. The topological polar surface area (TPSA) is 12.0 Å². The highest BCUT2D eigenvalue weighted by molar-refractivity contribution is 7.98. The second kappa shape index (κ2) is 9.19. The first-order valence-electron chi connectivity index (χ1n) is 11.6. The van der Waals surface area contributed by atoms with Gasteiger partial charge in [0.2, 0.25) is 0 Å². The Bertz CT molecular complexity index is 1170. The third-order valence-corrected chi connectivity index (χ3v) is 8.37. The zero-order valence-corrected chi connectivity index (χ0v) is 19.6. The summed E-state index contributed by atoms with van der Waals surface area (Å²) in [6.07, 6.45) is 1.29. The van der Waals surface area contributed by atoms with Crippen LogP contribution in [0.15, 0.2) is 54.6 Å². The summed E-state index contributed by atoms with van der Waals surface area (Å²) in [5.41, 5.74) is 9.82. The Balaban J connectivity index is 1.41. The van der Waals surface area contributed by atoms with Gasteiger partial charge in [0, 0.05) is 17.5 Å². The highest BCUT2D eigenvalue weighted by atomic mass is 32.2. The lowest BCUT2D eigenvalue weighted by atomic mass is 9.78. The predicted molar refractivity (Wildman–Crippen MR) is 130 cm³/mol. The van der Waals surface area contributed by atoms with Crippen LogP contribution in [-0.4, -0.2) is 7.05 Å². The highest BCUT2D eigenvalue weighted by Crippen LogP contribution is 2.46. The summed E-state index contributed by atoms with van der Waals surface area (Å²) < 4.78 is 39.6. The van der Waals surface area contributed by atoms with Gasteiger partial charge in [-0.3, -0.25) is 0 Å². The minimum absolute atomic E-state index is 0.390. The second-order valence-corrected chi connectivity index (χ2v) is 10.2. The molecule has 0 aliphatic heterocycles. The number of aryl methyl sites for hydroxylation is 1. The molecule has 0 amide bonds. The van der Waals surface area contributed by atoms with E-state index in [0.29, 0.717) is 11.8 Å². The molecule has 2 aliphatic carbocycles. The van der Waals surface area contributed by atoms with Gasteiger partial charge in [-0.25, -0.2) is 0 Å². The van der Waals surface area contributed by atoms with Crippen molar-refractivity contribution in [1.82, 2.24) is 5.32 Å². The lowest BCUT2D eigenvalue weighted by Gasteiger charge is -2.31. The summed E-state index contributed by atoms with van der Waals surface area (Å²) in [7, 11) is 1.77. The zero-order chi connectivity index (χ0) is 23.0. The van der Waals surface area contributed by atoms with E-state index in [-0.39, 0.29) is 0 Å². The molecule has 1 N–H and O–H groups in total. The van der Waals surface area contributed by atoms with Crippen LogP contribution in [-0.2, 0) is 37.7 Å². The lowest BCUT2D eigenvalue weighted by molar-refractivity contribution is -0.137. The van der Waals surface area contributed by atoms with Crippen molar-refractivity contribution in [2.24, 2.45) is 0 Å². The molecule has 1 unspecified atom stereocenters. The molecule has 172 valence electrons. The summed E-state index contributed by atoms with van der Waals surface area (Å²) in [5, 5.41) is 3.41. The average Bonchev–Trinajstić information content (AvgIpc) is 2.82. The molecule has 0 saturated carbocycles. The fraction of sp³-hybridized carbons (Fsp3) is 0.357. The second-order valence-electron chi connectivity index (χ2n) is 9.02. The normalized spacial score (nSPS) is 17.3. The van der Waals surface area contributed by atoms with Gasteiger partial charge in [0.15, 0.2) is 0 Å². The van der Waals surface area contributed by atoms with Gasteiger partial charge in [-0.15, -0.1) is 11.8 Å². The molecular formula is C28H28F3NS. The third kappa shape index (κ3) is 4.45. The Morgan fingerprint density at radius 3 is 2.58 bits per heavy atom. The van der Waals surface area contributed by atoms with E-state index in [1.165, 1.54) is 51.9 Å². The summed E-state index contributed by atoms with van der Waals surface area (Å²) >= 11 is 1.87. The molecule has 33 heavy (non-hydrogen) atoms. The Kier molecular flexibility index (Phi) is 6.28. The molecule has 0 saturated heterocycles. The van der Waals surface area contributed by atoms with E-state index < -0.39 is 11.7 Å². The van der Waals surface area contributed by atoms with Gasteiger partial charge in [-0.05, 0) is 95.8 Å². The molecule has 3 aromatic rings. The van der Waals surface area contributed by atoms with Crippen LogP contribution in [0.25, 0.3) is 11.1 Å². The Morgan fingerprint density at radius 2 is 1.76 bits per heavy atom. The Morgan fingerprint density at radius 1 is 0.909 bits per heavy atom. The van der Waals surface area contributed by atoms with Crippen molar-refractivity contribution in [3.63, 3.8) is 0 Å². The van der Waals surface area contributed by atoms with Crippen LogP contribution in [0.1, 0.15) is 57.0 Å². The van der Waals surface area contributed by atoms with Gasteiger partial charge in [-0.1, -0.05) is 42.5 Å². The molecule has 2 aliphatic rings. The van der Waals surface area contributed by atoms with Crippen LogP contribution in [0.3, 0.4) is 0 Å². The van der Waals surface area contributed by atoms with Gasteiger partial charge in [0.05, 0.1) is 5.56 Å². The maximum absolute atomic E-state index is 13.2. The van der Waals surface area contributed by atoms with Crippen molar-refractivity contribution in [2.45, 2.75) is 55.8 Å². The van der Waals surface area contributed by atoms with E-state index in [1.807, 2.05) is 11.8 Å². The maximum atomic E-state index is 13.2. The number of fused-ring (bicyclic) bond motifs is 5. The first-order chi connectivity index (χ1) is 16.0. The van der Waals surface area contributed by atoms with Crippen LogP contribution >= 0.6 is 11.8 Å². The van der Waals surface area contributed by atoms with Crippen molar-refractivity contribution < 1.29 is 13.2 Å². The molecule has 0 spiro atoms. The van der Waals surface area contributed by atoms with Crippen LogP contribution in [0.2, 0.25) is 0 Å². The van der Waals surface area contributed by atoms with Crippen LogP contribution in [0.4, 0.5) is 13.2 Å². The fourth-order valence-corrected chi connectivity index (χ4v) is 6.78. The number of benzene rings is 3. The monoisotopic (exact) mass is 467 g/mol. The molecule has 5 rings (SSSR count). The smallest absolute Gasteiger partial charge is 0.316 e. The number of rotatable bonds is 5. The lowest BCUT2D eigenvalue weighted by Crippen LogP contribution is -2.15. The number of alkyl halides is 3. The standard InChI is InChI=1S/C28H28F3NS/c1-32-16-20-15-21(28(29,30)31)11-9-19(20)17-33-27-8-4-7-23-25-12-10-18-5-2-3-6-22(18)24(25)13-14-26(23)27/h2-3,5-6,9,11,13-15,27,32H,4,7-8,10,12,16-17H2,1H3.